The van der Waals surface area contributed by atoms with Crippen LogP contribution >= 0.6 is 11.3 Å². The molecule has 0 aliphatic rings. The molecule has 13 aromatic rings. The number of rotatable bonds is 6. The predicted molar refractivity (Wildman–Crippen MR) is 264 cm³/mol. The van der Waals surface area contributed by atoms with Gasteiger partial charge in [-0.15, -0.1) is 11.3 Å². The third-order valence-corrected chi connectivity index (χ3v) is 14.3. The van der Waals surface area contributed by atoms with Crippen molar-refractivity contribution in [3.8, 4) is 65.4 Å². The van der Waals surface area contributed by atoms with Gasteiger partial charge in [0.2, 0.25) is 0 Å². The maximum atomic E-state index is 2.33. The minimum Gasteiger partial charge on any atom is -0.134 e. The van der Waals surface area contributed by atoms with Crippen molar-refractivity contribution in [1.82, 2.24) is 0 Å². The number of hydrogen-bond donors (Lipinski definition) is 0. The molecule has 0 spiro atoms. The van der Waals surface area contributed by atoms with Crippen LogP contribution in [0.3, 0.4) is 0 Å². The summed E-state index contributed by atoms with van der Waals surface area (Å²) in [4.78, 5) is 2.55. The summed E-state index contributed by atoms with van der Waals surface area (Å²) < 4.78 is 0. The molecule has 12 aromatic carbocycles. The number of hydrogen-bond acceptors (Lipinski definition) is 1. The molecule has 1 aromatic heterocycles. The molecule has 0 saturated heterocycles. The molecule has 13 rings (SSSR count). The van der Waals surface area contributed by atoms with Gasteiger partial charge >= 0.3 is 0 Å². The molecular weight excluding hydrogens is 753 g/mol. The van der Waals surface area contributed by atoms with Crippen LogP contribution in [0.5, 0.6) is 0 Å². The lowest BCUT2D eigenvalue weighted by atomic mass is 9.88. The minimum atomic E-state index is 1.22. The van der Waals surface area contributed by atoms with Crippen LogP contribution in [-0.4, -0.2) is 0 Å². The zero-order valence-electron chi connectivity index (χ0n) is 33.2. The minimum absolute atomic E-state index is 1.22. The monoisotopic (exact) mass is 788 g/mol. The van der Waals surface area contributed by atoms with Gasteiger partial charge < -0.3 is 0 Å². The Bertz CT molecular complexity index is 3480. The summed E-state index contributed by atoms with van der Waals surface area (Å²) in [6.45, 7) is 0. The molecule has 0 bridgehead atoms. The van der Waals surface area contributed by atoms with E-state index in [1.807, 2.05) is 11.3 Å². The van der Waals surface area contributed by atoms with Crippen molar-refractivity contribution in [1.29, 1.82) is 0 Å². The molecule has 0 aliphatic carbocycles. The molecule has 0 N–H and O–H groups in total. The van der Waals surface area contributed by atoms with E-state index in [1.165, 1.54) is 130 Å². The Morgan fingerprint density at radius 1 is 0.213 bits per heavy atom. The Kier molecular flexibility index (Phi) is 7.58. The summed E-state index contributed by atoms with van der Waals surface area (Å²) in [5, 5.41) is 15.8. The van der Waals surface area contributed by atoms with E-state index in [2.05, 4.69) is 218 Å². The molecule has 0 amide bonds. The number of benzene rings is 12. The van der Waals surface area contributed by atoms with Crippen LogP contribution in [0.2, 0.25) is 0 Å². The standard InChI is InChI=1S/C60H36S/c1-3-9-39(10-4-1)57-58(40-11-5-2-6-12-40)60(48-27-19-38(20-28-48)50-34-30-46-24-22-42-14-8-16-44-32-36-52(50)56(46)54(42)44)61-59(57)47-25-17-37(18-26-47)49-33-29-45-23-21-41-13-7-15-43-31-35-51(49)55(45)53(41)43/h1-36H. The Balaban J connectivity index is 0.962. The second-order valence-electron chi connectivity index (χ2n) is 16.3. The molecule has 61 heavy (non-hydrogen) atoms. The molecular formula is C60H36S. The predicted octanol–water partition coefficient (Wildman–Crippen LogP) is 17.5. The summed E-state index contributed by atoms with van der Waals surface area (Å²) in [7, 11) is 0. The summed E-state index contributed by atoms with van der Waals surface area (Å²) >= 11 is 1.90. The van der Waals surface area contributed by atoms with Crippen molar-refractivity contribution < 1.29 is 0 Å². The summed E-state index contributed by atoms with van der Waals surface area (Å²) in [6.07, 6.45) is 0. The van der Waals surface area contributed by atoms with Crippen LogP contribution in [0, 0.1) is 0 Å². The van der Waals surface area contributed by atoms with Gasteiger partial charge in [-0.25, -0.2) is 0 Å². The highest BCUT2D eigenvalue weighted by atomic mass is 32.1. The molecule has 0 aliphatic heterocycles. The van der Waals surface area contributed by atoms with Gasteiger partial charge in [0.1, 0.15) is 0 Å². The second-order valence-corrected chi connectivity index (χ2v) is 17.4. The lowest BCUT2D eigenvalue weighted by molar-refractivity contribution is 1.61. The normalized spacial score (nSPS) is 11.9. The molecule has 282 valence electrons. The van der Waals surface area contributed by atoms with Crippen LogP contribution in [0.4, 0.5) is 0 Å². The van der Waals surface area contributed by atoms with Crippen molar-refractivity contribution >= 4 is 76.0 Å². The lowest BCUT2D eigenvalue weighted by Gasteiger charge is -2.15. The highest BCUT2D eigenvalue weighted by molar-refractivity contribution is 7.20. The molecule has 1 heteroatoms. The first-order chi connectivity index (χ1) is 30.2. The highest BCUT2D eigenvalue weighted by Gasteiger charge is 2.24. The third-order valence-electron chi connectivity index (χ3n) is 13.0. The van der Waals surface area contributed by atoms with E-state index in [-0.39, 0.29) is 0 Å². The average Bonchev–Trinajstić information content (AvgIpc) is 3.74. The lowest BCUT2D eigenvalue weighted by Crippen LogP contribution is -1.88. The molecule has 0 atom stereocenters. The quantitative estimate of drug-likeness (QED) is 0.147. The maximum absolute atomic E-state index is 2.33. The van der Waals surface area contributed by atoms with E-state index in [4.69, 9.17) is 0 Å². The second kappa shape index (κ2) is 13.5. The summed E-state index contributed by atoms with van der Waals surface area (Å²) in [6, 6.07) is 81.2. The molecule has 1 heterocycles. The van der Waals surface area contributed by atoms with Gasteiger partial charge in [-0.1, -0.05) is 218 Å². The fraction of sp³-hybridized carbons (Fsp3) is 0. The Labute approximate surface area is 357 Å². The molecule has 0 radical (unpaired) electrons. The van der Waals surface area contributed by atoms with E-state index < -0.39 is 0 Å². The van der Waals surface area contributed by atoms with E-state index in [1.54, 1.807) is 0 Å². The van der Waals surface area contributed by atoms with E-state index in [9.17, 15) is 0 Å². The van der Waals surface area contributed by atoms with Crippen LogP contribution in [0.1, 0.15) is 0 Å². The molecule has 0 nitrogen and oxygen atoms in total. The van der Waals surface area contributed by atoms with Crippen molar-refractivity contribution in [3.63, 3.8) is 0 Å². The van der Waals surface area contributed by atoms with Crippen LogP contribution in [0.25, 0.3) is 130 Å². The molecule has 0 fully saturated rings. The van der Waals surface area contributed by atoms with Gasteiger partial charge in [0, 0.05) is 20.9 Å². The topological polar surface area (TPSA) is 0 Å². The fourth-order valence-electron chi connectivity index (χ4n) is 10.2. The maximum Gasteiger partial charge on any atom is 0.0434 e. The van der Waals surface area contributed by atoms with Crippen molar-refractivity contribution in [2.75, 3.05) is 0 Å². The SMILES string of the molecule is c1ccc(-c2c(-c3ccc(-c4ccc5ccc6cccc7ccc4c5c67)cc3)sc(-c3ccc(-c4ccc5ccc6cccc7ccc4c5c67)cc3)c2-c2ccccc2)cc1. The van der Waals surface area contributed by atoms with Gasteiger partial charge in [0.05, 0.1) is 0 Å². The first-order valence-corrected chi connectivity index (χ1v) is 21.9. The van der Waals surface area contributed by atoms with E-state index in [0.717, 1.165) is 0 Å². The van der Waals surface area contributed by atoms with Gasteiger partial charge in [0.15, 0.2) is 0 Å². The van der Waals surface area contributed by atoms with Gasteiger partial charge in [-0.2, -0.15) is 0 Å². The largest absolute Gasteiger partial charge is 0.134 e. The average molecular weight is 789 g/mol. The van der Waals surface area contributed by atoms with Crippen LogP contribution in [-0.2, 0) is 0 Å². The Morgan fingerprint density at radius 2 is 0.541 bits per heavy atom. The Hall–Kier alpha value is -7.58. The zero-order chi connectivity index (χ0) is 40.0. The fourth-order valence-corrected chi connectivity index (χ4v) is 11.5. The van der Waals surface area contributed by atoms with E-state index >= 15 is 0 Å². The van der Waals surface area contributed by atoms with Gasteiger partial charge in [-0.3, -0.25) is 0 Å². The third kappa shape index (κ3) is 5.31. The summed E-state index contributed by atoms with van der Waals surface area (Å²) in [5.74, 6) is 0. The van der Waals surface area contributed by atoms with Crippen molar-refractivity contribution in [3.05, 3.63) is 218 Å². The van der Waals surface area contributed by atoms with Crippen molar-refractivity contribution in [2.24, 2.45) is 0 Å². The summed E-state index contributed by atoms with van der Waals surface area (Å²) in [5.41, 5.74) is 12.4. The molecule has 0 unspecified atom stereocenters. The first-order valence-electron chi connectivity index (χ1n) is 21.1. The Morgan fingerprint density at radius 3 is 0.934 bits per heavy atom. The van der Waals surface area contributed by atoms with Gasteiger partial charge in [0.25, 0.3) is 0 Å². The van der Waals surface area contributed by atoms with Gasteiger partial charge in [-0.05, 0) is 109 Å². The highest BCUT2D eigenvalue weighted by Crippen LogP contribution is 2.53. The first kappa shape index (κ1) is 34.3. The van der Waals surface area contributed by atoms with Crippen molar-refractivity contribution in [2.45, 2.75) is 0 Å². The van der Waals surface area contributed by atoms with Crippen LogP contribution < -0.4 is 0 Å². The smallest absolute Gasteiger partial charge is 0.0434 e. The van der Waals surface area contributed by atoms with Crippen LogP contribution in [0.15, 0.2) is 218 Å². The molecule has 0 saturated carbocycles. The zero-order valence-corrected chi connectivity index (χ0v) is 34.0. The number of thiophene rings is 1. The van der Waals surface area contributed by atoms with E-state index in [0.29, 0.717) is 0 Å².